The van der Waals surface area contributed by atoms with Gasteiger partial charge < -0.3 is 19.6 Å². The highest BCUT2D eigenvalue weighted by atomic mass is 32.2. The molecule has 9 nitrogen and oxygen atoms in total. The monoisotopic (exact) mass is 488 g/mol. The quantitative estimate of drug-likeness (QED) is 0.319. The second-order valence-electron chi connectivity index (χ2n) is 8.53. The number of carbonyl (C=O) groups is 2. The van der Waals surface area contributed by atoms with Crippen LogP contribution in [0, 0.1) is 0 Å². The number of likely N-dealkylation sites (N-methyl/N-ethyl adjacent to an activating group) is 1. The van der Waals surface area contributed by atoms with Crippen molar-refractivity contribution in [2.24, 2.45) is 0 Å². The van der Waals surface area contributed by atoms with Crippen LogP contribution in [-0.4, -0.2) is 82.8 Å². The number of sulfonamides is 1. The summed E-state index contributed by atoms with van der Waals surface area (Å²) in [6.07, 6.45) is 0. The van der Waals surface area contributed by atoms with Crippen LogP contribution in [0.25, 0.3) is 5.76 Å². The van der Waals surface area contributed by atoms with Crippen molar-refractivity contribution in [3.8, 4) is 5.75 Å². The third-order valence-corrected chi connectivity index (χ3v) is 7.56. The highest BCUT2D eigenvalue weighted by Gasteiger charge is 2.46. The fourth-order valence-electron chi connectivity index (χ4n) is 3.74. The first-order chi connectivity index (χ1) is 16.0. The van der Waals surface area contributed by atoms with Crippen molar-refractivity contribution in [3.63, 3.8) is 0 Å². The van der Waals surface area contributed by atoms with Gasteiger partial charge in [-0.2, -0.15) is 0 Å². The number of ether oxygens (including phenoxy) is 1. The number of carbonyl (C=O) groups excluding carboxylic acids is 2. The maximum absolute atomic E-state index is 13.1. The molecule has 0 bridgehead atoms. The molecule has 2 aromatic rings. The molecule has 2 aromatic carbocycles. The number of Topliss-reactive ketones (excluding diaryl/α,β-unsaturated/α-hetero) is 1. The average Bonchev–Trinajstić information content (AvgIpc) is 3.07. The highest BCUT2D eigenvalue weighted by Crippen LogP contribution is 2.39. The van der Waals surface area contributed by atoms with E-state index in [1.807, 2.05) is 14.1 Å². The van der Waals surface area contributed by atoms with Gasteiger partial charge in [0, 0.05) is 19.7 Å². The molecule has 182 valence electrons. The summed E-state index contributed by atoms with van der Waals surface area (Å²) in [5, 5.41) is 11.1. The fraction of sp³-hybridized carbons (Fsp3) is 0.333. The number of ketones is 1. The molecule has 1 aliphatic rings. The molecular formula is C24H30N3O6S+. The highest BCUT2D eigenvalue weighted by molar-refractivity contribution is 7.89. The number of methoxy groups -OCH3 is 1. The Morgan fingerprint density at radius 2 is 1.65 bits per heavy atom. The van der Waals surface area contributed by atoms with Crippen LogP contribution in [0.1, 0.15) is 17.2 Å². The van der Waals surface area contributed by atoms with Crippen molar-refractivity contribution in [1.82, 2.24) is 9.21 Å². The maximum Gasteiger partial charge on any atom is 0.295 e. The number of hydrogen-bond donors (Lipinski definition) is 2. The molecule has 0 saturated carbocycles. The van der Waals surface area contributed by atoms with Crippen molar-refractivity contribution in [1.29, 1.82) is 0 Å². The van der Waals surface area contributed by atoms with Crippen molar-refractivity contribution < 1.29 is 32.8 Å². The van der Waals surface area contributed by atoms with E-state index >= 15 is 0 Å². The standard InChI is InChI=1S/C24H29N3O6S/c1-25(2)14-15-27-21(16-6-10-18(33-5)11-7-16)20(23(29)24(27)30)22(28)17-8-12-19(13-9-17)34(31,32)26(3)4/h6-13,21,28H,14-15H2,1-5H3/p+1/t21-/m0/s1. The molecule has 0 radical (unpaired) electrons. The Morgan fingerprint density at radius 3 is 2.15 bits per heavy atom. The van der Waals surface area contributed by atoms with Gasteiger partial charge in [0.05, 0.1) is 50.8 Å². The van der Waals surface area contributed by atoms with Crippen LogP contribution >= 0.6 is 0 Å². The minimum atomic E-state index is -3.65. The van der Waals surface area contributed by atoms with E-state index in [4.69, 9.17) is 4.74 Å². The number of amides is 1. The number of nitrogens with zero attached hydrogens (tertiary/aromatic N) is 2. The van der Waals surface area contributed by atoms with Crippen LogP contribution in [0.2, 0.25) is 0 Å². The molecular weight excluding hydrogens is 458 g/mol. The number of nitrogens with one attached hydrogen (secondary N) is 1. The number of hydrogen-bond acceptors (Lipinski definition) is 6. The van der Waals surface area contributed by atoms with Crippen LogP contribution in [0.15, 0.2) is 59.0 Å². The van der Waals surface area contributed by atoms with Gasteiger partial charge >= 0.3 is 0 Å². The molecule has 1 atom stereocenters. The van der Waals surface area contributed by atoms with E-state index in [9.17, 15) is 23.1 Å². The summed E-state index contributed by atoms with van der Waals surface area (Å²) in [6, 6.07) is 11.8. The molecule has 1 heterocycles. The molecule has 2 N–H and O–H groups in total. The number of aliphatic hydroxyl groups is 1. The number of benzene rings is 2. The van der Waals surface area contributed by atoms with E-state index in [0.717, 1.165) is 9.21 Å². The van der Waals surface area contributed by atoms with E-state index in [1.54, 1.807) is 31.4 Å². The third-order valence-electron chi connectivity index (χ3n) is 5.73. The molecule has 0 aromatic heterocycles. The molecule has 1 fully saturated rings. The van der Waals surface area contributed by atoms with E-state index in [2.05, 4.69) is 0 Å². The Balaban J connectivity index is 2.11. The van der Waals surface area contributed by atoms with Gasteiger partial charge in [0.1, 0.15) is 11.5 Å². The molecule has 0 spiro atoms. The van der Waals surface area contributed by atoms with Gasteiger partial charge in [-0.15, -0.1) is 0 Å². The van der Waals surface area contributed by atoms with Crippen LogP contribution in [0.4, 0.5) is 0 Å². The summed E-state index contributed by atoms with van der Waals surface area (Å²) < 4.78 is 31.0. The number of quaternary nitrogens is 1. The molecule has 1 amide bonds. The van der Waals surface area contributed by atoms with Crippen molar-refractivity contribution in [3.05, 3.63) is 65.2 Å². The lowest BCUT2D eigenvalue weighted by molar-refractivity contribution is -0.857. The van der Waals surface area contributed by atoms with E-state index in [0.29, 0.717) is 24.4 Å². The van der Waals surface area contributed by atoms with Crippen LogP contribution in [0.5, 0.6) is 5.75 Å². The Hall–Kier alpha value is -3.21. The molecule has 1 saturated heterocycles. The Morgan fingerprint density at radius 1 is 1.06 bits per heavy atom. The number of aliphatic hydroxyl groups excluding tert-OH is 1. The van der Waals surface area contributed by atoms with Gasteiger partial charge in [0.2, 0.25) is 10.0 Å². The van der Waals surface area contributed by atoms with Crippen LogP contribution in [-0.2, 0) is 19.6 Å². The lowest BCUT2D eigenvalue weighted by Gasteiger charge is -2.25. The predicted octanol–water partition coefficient (Wildman–Crippen LogP) is 0.512. The number of rotatable bonds is 8. The smallest absolute Gasteiger partial charge is 0.295 e. The minimum Gasteiger partial charge on any atom is -0.507 e. The topological polar surface area (TPSA) is 109 Å². The zero-order valence-corrected chi connectivity index (χ0v) is 20.7. The van der Waals surface area contributed by atoms with Crippen molar-refractivity contribution in [2.75, 3.05) is 48.4 Å². The molecule has 34 heavy (non-hydrogen) atoms. The van der Waals surface area contributed by atoms with E-state index in [-0.39, 0.29) is 21.8 Å². The minimum absolute atomic E-state index is 0.0351. The van der Waals surface area contributed by atoms with Crippen LogP contribution < -0.4 is 9.64 Å². The Kier molecular flexibility index (Phi) is 7.44. The lowest BCUT2D eigenvalue weighted by atomic mass is 9.95. The second-order valence-corrected chi connectivity index (χ2v) is 10.7. The SMILES string of the molecule is COc1ccc([C@H]2C(=C(O)c3ccc(S(=O)(=O)N(C)C)cc3)C(=O)C(=O)N2CC[NH+](C)C)cc1. The zero-order chi connectivity index (χ0) is 25.2. The van der Waals surface area contributed by atoms with E-state index in [1.165, 1.54) is 43.3 Å². The Bertz CT molecular complexity index is 1200. The van der Waals surface area contributed by atoms with E-state index < -0.39 is 27.8 Å². The molecule has 1 aliphatic heterocycles. The Labute approximate surface area is 199 Å². The summed E-state index contributed by atoms with van der Waals surface area (Å²) in [5.41, 5.74) is 0.863. The third kappa shape index (κ3) is 4.84. The van der Waals surface area contributed by atoms with Gasteiger partial charge in [-0.3, -0.25) is 9.59 Å². The average molecular weight is 489 g/mol. The molecule has 0 aliphatic carbocycles. The van der Waals surface area contributed by atoms with Gasteiger partial charge in [-0.25, -0.2) is 12.7 Å². The zero-order valence-electron chi connectivity index (χ0n) is 19.9. The largest absolute Gasteiger partial charge is 0.507 e. The summed E-state index contributed by atoms with van der Waals surface area (Å²) >= 11 is 0. The summed E-state index contributed by atoms with van der Waals surface area (Å²) in [7, 11) is 4.64. The lowest BCUT2D eigenvalue weighted by Crippen LogP contribution is -3.06. The van der Waals surface area contributed by atoms with Crippen LogP contribution in [0.3, 0.4) is 0 Å². The maximum atomic E-state index is 13.1. The first-order valence-corrected chi connectivity index (χ1v) is 12.2. The normalized spacial score (nSPS) is 18.2. The summed E-state index contributed by atoms with van der Waals surface area (Å²) in [4.78, 5) is 28.6. The molecule has 0 unspecified atom stereocenters. The molecule has 10 heteroatoms. The van der Waals surface area contributed by atoms with Gasteiger partial charge in [0.25, 0.3) is 11.7 Å². The summed E-state index contributed by atoms with van der Waals surface area (Å²) in [6.45, 7) is 0.928. The van der Waals surface area contributed by atoms with Crippen molar-refractivity contribution in [2.45, 2.75) is 10.9 Å². The predicted molar refractivity (Wildman–Crippen MR) is 127 cm³/mol. The molecule has 3 rings (SSSR count). The van der Waals surface area contributed by atoms with Gasteiger partial charge in [-0.1, -0.05) is 12.1 Å². The first-order valence-electron chi connectivity index (χ1n) is 10.7. The van der Waals surface area contributed by atoms with Gasteiger partial charge in [0.15, 0.2) is 0 Å². The fourth-order valence-corrected chi connectivity index (χ4v) is 4.64. The number of likely N-dealkylation sites (tertiary alicyclic amines) is 1. The summed E-state index contributed by atoms with van der Waals surface area (Å²) in [5.74, 6) is -1.20. The van der Waals surface area contributed by atoms with Crippen molar-refractivity contribution >= 4 is 27.5 Å². The second kappa shape index (κ2) is 9.96. The van der Waals surface area contributed by atoms with Gasteiger partial charge in [-0.05, 0) is 42.0 Å². The first kappa shape index (κ1) is 25.4.